The topological polar surface area (TPSA) is 90.8 Å². The lowest BCUT2D eigenvalue weighted by molar-refractivity contribution is -0.0918. The predicted molar refractivity (Wildman–Crippen MR) is 85.8 cm³/mol. The highest BCUT2D eigenvalue weighted by atomic mass is 19.4. The molecule has 0 saturated carbocycles. The van der Waals surface area contributed by atoms with Crippen molar-refractivity contribution in [3.05, 3.63) is 59.7 Å². The number of anilines is 1. The fraction of sp³-hybridized carbons (Fsp3) is 0.250. The second-order valence-electron chi connectivity index (χ2n) is 5.78. The maximum atomic E-state index is 13.8. The van der Waals surface area contributed by atoms with Gasteiger partial charge in [0, 0.05) is 18.3 Å². The van der Waals surface area contributed by atoms with E-state index in [9.17, 15) is 18.0 Å². The second kappa shape index (κ2) is 6.11. The molecule has 140 valence electrons. The number of alkyl halides is 3. The molecule has 11 heteroatoms. The number of halogens is 3. The number of Topliss-reactive ketones (excluding diaryl/α,β-unsaturated/α-hetero) is 1. The number of carbonyl (C=O) groups is 1. The van der Waals surface area contributed by atoms with Crippen LogP contribution in [0.2, 0.25) is 0 Å². The van der Waals surface area contributed by atoms with Crippen molar-refractivity contribution in [2.24, 2.45) is 0 Å². The van der Waals surface area contributed by atoms with Crippen molar-refractivity contribution >= 4 is 11.7 Å². The number of aryl methyl sites for hydroxylation is 1. The zero-order chi connectivity index (χ0) is 19.2. The van der Waals surface area contributed by atoms with Crippen LogP contribution in [-0.4, -0.2) is 36.5 Å². The SMILES string of the molecule is CCn1cc(C2C(C(=O)c3ccco3)=C(C(F)(F)F)Nc3ncnn32)cn1. The molecule has 1 atom stereocenters. The Morgan fingerprint density at radius 2 is 2.19 bits per heavy atom. The molecule has 1 aliphatic heterocycles. The normalized spacial score (nSPS) is 17.0. The van der Waals surface area contributed by atoms with Crippen LogP contribution in [-0.2, 0) is 6.54 Å². The van der Waals surface area contributed by atoms with Crippen LogP contribution in [0.15, 0.2) is 52.8 Å². The van der Waals surface area contributed by atoms with E-state index in [0.29, 0.717) is 12.1 Å². The molecule has 27 heavy (non-hydrogen) atoms. The molecular weight excluding hydrogens is 365 g/mol. The molecule has 0 saturated heterocycles. The fourth-order valence-electron chi connectivity index (χ4n) is 2.97. The van der Waals surface area contributed by atoms with Crippen LogP contribution in [0.3, 0.4) is 0 Å². The average Bonchev–Trinajstić information content (AvgIpc) is 3.39. The Morgan fingerprint density at radius 1 is 1.37 bits per heavy atom. The van der Waals surface area contributed by atoms with Crippen LogP contribution in [0.4, 0.5) is 19.1 Å². The van der Waals surface area contributed by atoms with Crippen LogP contribution in [0.5, 0.6) is 0 Å². The van der Waals surface area contributed by atoms with Gasteiger partial charge in [-0.2, -0.15) is 28.4 Å². The number of furan rings is 1. The molecule has 0 amide bonds. The van der Waals surface area contributed by atoms with Gasteiger partial charge in [0.05, 0.1) is 18.0 Å². The molecular formula is C16H13F3N6O2. The first-order valence-corrected chi connectivity index (χ1v) is 7.98. The molecule has 4 rings (SSSR count). The Bertz CT molecular complexity index is 1020. The monoisotopic (exact) mass is 378 g/mol. The highest BCUT2D eigenvalue weighted by molar-refractivity contribution is 6.09. The summed E-state index contributed by atoms with van der Waals surface area (Å²) in [5.41, 5.74) is -1.36. The molecule has 0 aliphatic carbocycles. The first-order chi connectivity index (χ1) is 12.9. The number of hydrogen-bond acceptors (Lipinski definition) is 6. The smallest absolute Gasteiger partial charge is 0.431 e. The van der Waals surface area contributed by atoms with E-state index in [4.69, 9.17) is 4.42 Å². The van der Waals surface area contributed by atoms with Gasteiger partial charge in [-0.1, -0.05) is 0 Å². The van der Waals surface area contributed by atoms with Gasteiger partial charge in [0.25, 0.3) is 0 Å². The van der Waals surface area contributed by atoms with E-state index in [1.54, 1.807) is 10.9 Å². The van der Waals surface area contributed by atoms with Crippen molar-refractivity contribution in [1.29, 1.82) is 0 Å². The maximum Gasteiger partial charge on any atom is 0.431 e. The summed E-state index contributed by atoms with van der Waals surface area (Å²) in [5.74, 6) is -1.22. The first-order valence-electron chi connectivity index (χ1n) is 7.98. The van der Waals surface area contributed by atoms with Crippen LogP contribution >= 0.6 is 0 Å². The van der Waals surface area contributed by atoms with E-state index < -0.39 is 29.3 Å². The van der Waals surface area contributed by atoms with Crippen molar-refractivity contribution in [2.75, 3.05) is 5.32 Å². The van der Waals surface area contributed by atoms with Gasteiger partial charge in [-0.25, -0.2) is 4.68 Å². The van der Waals surface area contributed by atoms with Crippen LogP contribution in [0, 0.1) is 0 Å². The third-order valence-corrected chi connectivity index (χ3v) is 4.16. The van der Waals surface area contributed by atoms with Crippen molar-refractivity contribution in [2.45, 2.75) is 25.7 Å². The number of nitrogens with one attached hydrogen (secondary N) is 1. The van der Waals surface area contributed by atoms with Crippen LogP contribution < -0.4 is 5.32 Å². The quantitative estimate of drug-likeness (QED) is 0.702. The summed E-state index contributed by atoms with van der Waals surface area (Å²) in [4.78, 5) is 16.8. The Kier molecular flexibility index (Phi) is 3.86. The summed E-state index contributed by atoms with van der Waals surface area (Å²) >= 11 is 0. The van der Waals surface area contributed by atoms with E-state index in [1.165, 1.54) is 29.3 Å². The molecule has 4 heterocycles. The molecule has 0 fully saturated rings. The van der Waals surface area contributed by atoms with Gasteiger partial charge in [0.2, 0.25) is 11.7 Å². The number of ketones is 1. The van der Waals surface area contributed by atoms with E-state index >= 15 is 0 Å². The number of carbonyl (C=O) groups excluding carboxylic acids is 1. The molecule has 1 unspecified atom stereocenters. The highest BCUT2D eigenvalue weighted by Crippen LogP contribution is 2.41. The minimum Gasteiger partial charge on any atom is -0.461 e. The van der Waals surface area contributed by atoms with Gasteiger partial charge in [-0.05, 0) is 19.1 Å². The number of aromatic nitrogens is 5. The Morgan fingerprint density at radius 3 is 2.81 bits per heavy atom. The minimum atomic E-state index is -4.81. The summed E-state index contributed by atoms with van der Waals surface area (Å²) < 4.78 is 49.1. The molecule has 0 radical (unpaired) electrons. The van der Waals surface area contributed by atoms with Crippen LogP contribution in [0.1, 0.15) is 29.1 Å². The Hall–Kier alpha value is -3.37. The van der Waals surface area contributed by atoms with Gasteiger partial charge in [0.15, 0.2) is 5.76 Å². The molecule has 0 bridgehead atoms. The fourth-order valence-corrected chi connectivity index (χ4v) is 2.97. The summed E-state index contributed by atoms with van der Waals surface area (Å²) in [6.07, 6.45) is 0.517. The lowest BCUT2D eigenvalue weighted by atomic mass is 9.93. The van der Waals surface area contributed by atoms with Crippen molar-refractivity contribution < 1.29 is 22.4 Å². The maximum absolute atomic E-state index is 13.8. The highest BCUT2D eigenvalue weighted by Gasteiger charge is 2.46. The number of hydrogen-bond donors (Lipinski definition) is 1. The summed E-state index contributed by atoms with van der Waals surface area (Å²) in [5, 5.41) is 10.3. The summed E-state index contributed by atoms with van der Waals surface area (Å²) in [6, 6.07) is 1.59. The van der Waals surface area contributed by atoms with Crippen LogP contribution in [0.25, 0.3) is 0 Å². The van der Waals surface area contributed by atoms with E-state index in [-0.39, 0.29) is 11.7 Å². The summed E-state index contributed by atoms with van der Waals surface area (Å²) in [6.45, 7) is 2.36. The number of rotatable bonds is 4. The number of nitrogens with zero attached hydrogens (tertiary/aromatic N) is 5. The van der Waals surface area contributed by atoms with Gasteiger partial charge >= 0.3 is 6.18 Å². The predicted octanol–water partition coefficient (Wildman–Crippen LogP) is 2.80. The standard InChI is InChI=1S/C16H13F3N6O2/c1-2-24-7-9(6-21-24)12-11(13(26)10-4-3-5-27-10)14(16(17,18)19)23-15-20-8-22-25(12)15/h3-8,12H,2H2,1H3,(H,20,22,23). The van der Waals surface area contributed by atoms with Crippen molar-refractivity contribution in [1.82, 2.24) is 24.5 Å². The zero-order valence-corrected chi connectivity index (χ0v) is 13.9. The lowest BCUT2D eigenvalue weighted by Crippen LogP contribution is -2.35. The van der Waals surface area contributed by atoms with Crippen molar-refractivity contribution in [3.8, 4) is 0 Å². The molecule has 3 aromatic heterocycles. The van der Waals surface area contributed by atoms with E-state index in [2.05, 4.69) is 20.5 Å². The first kappa shape index (κ1) is 17.1. The van der Waals surface area contributed by atoms with Gasteiger partial charge in [-0.15, -0.1) is 0 Å². The summed E-state index contributed by atoms with van der Waals surface area (Å²) in [7, 11) is 0. The van der Waals surface area contributed by atoms with Crippen molar-refractivity contribution in [3.63, 3.8) is 0 Å². The third-order valence-electron chi connectivity index (χ3n) is 4.16. The molecule has 1 N–H and O–H groups in total. The third kappa shape index (κ3) is 2.80. The van der Waals surface area contributed by atoms with Gasteiger partial charge in [-0.3, -0.25) is 9.48 Å². The number of allylic oxidation sites excluding steroid dienone is 2. The Labute approximate surface area is 150 Å². The lowest BCUT2D eigenvalue weighted by Gasteiger charge is -2.29. The average molecular weight is 378 g/mol. The van der Waals surface area contributed by atoms with E-state index in [1.807, 2.05) is 6.92 Å². The molecule has 0 spiro atoms. The van der Waals surface area contributed by atoms with E-state index in [0.717, 1.165) is 6.33 Å². The molecule has 3 aromatic rings. The molecule has 0 aromatic carbocycles. The number of fused-ring (bicyclic) bond motifs is 1. The zero-order valence-electron chi connectivity index (χ0n) is 13.9. The second-order valence-corrected chi connectivity index (χ2v) is 5.78. The molecule has 1 aliphatic rings. The minimum absolute atomic E-state index is 0.118. The van der Waals surface area contributed by atoms with Gasteiger partial charge in [0.1, 0.15) is 18.1 Å². The Balaban J connectivity index is 1.96. The van der Waals surface area contributed by atoms with Gasteiger partial charge < -0.3 is 9.73 Å². The largest absolute Gasteiger partial charge is 0.461 e. The molecule has 8 nitrogen and oxygen atoms in total.